The highest BCUT2D eigenvalue weighted by molar-refractivity contribution is 8.15. The van der Waals surface area contributed by atoms with Crippen molar-refractivity contribution in [3.05, 3.63) is 157 Å². The molecule has 0 radical (unpaired) electrons. The number of aliphatic hydroxyl groups is 1. The maximum atomic E-state index is 14.2. The quantitative estimate of drug-likeness (QED) is 0.0322. The van der Waals surface area contributed by atoms with Crippen molar-refractivity contribution in [3.63, 3.8) is 0 Å². The van der Waals surface area contributed by atoms with E-state index >= 15 is 0 Å². The third-order valence-corrected chi connectivity index (χ3v) is 20.9. The number of rotatable bonds is 34. The van der Waals surface area contributed by atoms with Gasteiger partial charge in [-0.2, -0.15) is 0 Å². The molecule has 0 amide bonds. The molecule has 3 aromatic heterocycles. The number of carbonyl (C=O) groups is 1. The molecule has 80 heavy (non-hydrogen) atoms. The number of thiophene rings is 3. The molecular formula is C72H89N2O2S4+. The molecule has 0 saturated carbocycles. The fourth-order valence-electron chi connectivity index (χ4n) is 11.5. The molecule has 1 aliphatic heterocycles. The number of hydrogen-bond donors (Lipinski definition) is 1. The molecule has 0 atom stereocenters. The molecule has 8 heteroatoms. The molecule has 7 aromatic rings. The molecule has 1 N–H and O–H groups in total. The van der Waals surface area contributed by atoms with E-state index in [2.05, 4.69) is 159 Å². The summed E-state index contributed by atoms with van der Waals surface area (Å²) in [5.41, 5.74) is 11.1. The molecule has 0 bridgehead atoms. The van der Waals surface area contributed by atoms with Gasteiger partial charge in [-0.3, -0.25) is 4.79 Å². The summed E-state index contributed by atoms with van der Waals surface area (Å²) in [6.07, 6.45) is 38.1. The predicted octanol–water partition coefficient (Wildman–Crippen LogP) is 21.6. The standard InChI is InChI=1S/C72H88N2O2S4/c1-5-9-13-17-21-25-29-53-33-41-57(42-34-53)73(58-43-35-54(36-44-58)30-26-22-18-14-10-6-2)67-51-63-61(79-67)49-65(77-63)69-71(75)70(72(69)76)66-50-62-64(78-66)52-68(80-62)74(59-45-37-55(38-46-59)31-27-23-19-15-11-7-3)60-47-39-56(40-48-60)32-28-24-20-16-12-8-4/h33-52H,5-32H2,1-4H3/p+1. The van der Waals surface area contributed by atoms with Crippen LogP contribution in [0.25, 0.3) is 26.6 Å². The number of aryl methyl sites for hydroxylation is 4. The van der Waals surface area contributed by atoms with Gasteiger partial charge in [0.25, 0.3) is 5.04 Å². The fourth-order valence-corrected chi connectivity index (χ4v) is 16.4. The van der Waals surface area contributed by atoms with Crippen molar-refractivity contribution in [3.8, 4) is 0 Å². The molecule has 0 fully saturated rings. The minimum Gasteiger partial charge on any atom is -0.506 e. The Bertz CT molecular complexity index is 3110. The lowest BCUT2D eigenvalue weighted by Crippen LogP contribution is -2.24. The van der Waals surface area contributed by atoms with Crippen LogP contribution in [-0.2, 0) is 30.5 Å². The molecule has 422 valence electrons. The van der Waals surface area contributed by atoms with Gasteiger partial charge in [-0.1, -0.05) is 205 Å². The van der Waals surface area contributed by atoms with E-state index in [9.17, 15) is 9.90 Å². The Balaban J connectivity index is 0.945. The van der Waals surface area contributed by atoms with Crippen LogP contribution in [-0.4, -0.2) is 15.9 Å². The minimum absolute atomic E-state index is 0.0711. The van der Waals surface area contributed by atoms with E-state index in [4.69, 9.17) is 0 Å². The first kappa shape index (κ1) is 59.6. The van der Waals surface area contributed by atoms with E-state index in [1.54, 1.807) is 45.8 Å². The zero-order valence-corrected chi connectivity index (χ0v) is 52.0. The number of nitrogens with zero attached hydrogens (tertiary/aromatic N) is 2. The number of ketones is 1. The highest BCUT2D eigenvalue weighted by Crippen LogP contribution is 2.48. The number of fused-ring (bicyclic) bond motifs is 2. The van der Waals surface area contributed by atoms with Crippen LogP contribution in [0.3, 0.4) is 0 Å². The van der Waals surface area contributed by atoms with Gasteiger partial charge in [0.1, 0.15) is 10.8 Å². The molecule has 2 aliphatic rings. The van der Waals surface area contributed by atoms with Crippen LogP contribution in [0.5, 0.6) is 0 Å². The van der Waals surface area contributed by atoms with E-state index in [0.29, 0.717) is 11.1 Å². The van der Waals surface area contributed by atoms with E-state index in [0.717, 1.165) is 86.7 Å². The van der Waals surface area contributed by atoms with Crippen LogP contribution in [0.4, 0.5) is 27.8 Å². The maximum Gasteiger partial charge on any atom is 0.252 e. The van der Waals surface area contributed by atoms with Gasteiger partial charge >= 0.3 is 0 Å². The number of thioether (sulfide) groups is 1. The summed E-state index contributed by atoms with van der Waals surface area (Å²) in [7, 11) is 0. The van der Waals surface area contributed by atoms with Crippen LogP contribution < -0.4 is 18.5 Å². The summed E-state index contributed by atoms with van der Waals surface area (Å²) in [4.78, 5) is 18.6. The van der Waals surface area contributed by atoms with Gasteiger partial charge in [0.2, 0.25) is 17.2 Å². The lowest BCUT2D eigenvalue weighted by Gasteiger charge is -2.24. The lowest BCUT2D eigenvalue weighted by molar-refractivity contribution is -0.109. The number of carbonyl (C=O) groups excluding carboxylic acids is 1. The second-order valence-corrected chi connectivity index (χ2v) is 27.0. The van der Waals surface area contributed by atoms with Gasteiger partial charge in [0.05, 0.1) is 11.1 Å². The first-order valence-corrected chi connectivity index (χ1v) is 34.5. The molecule has 4 heterocycles. The van der Waals surface area contributed by atoms with Crippen LogP contribution in [0, 0.1) is 0 Å². The maximum absolute atomic E-state index is 14.2. The monoisotopic (exact) mass is 1140 g/mol. The van der Waals surface area contributed by atoms with Gasteiger partial charge in [0.15, 0.2) is 0 Å². The molecule has 9 rings (SSSR count). The van der Waals surface area contributed by atoms with E-state index in [1.807, 2.05) is 0 Å². The number of allylic oxidation sites excluding steroid dienone is 2. The highest BCUT2D eigenvalue weighted by atomic mass is 32.2. The van der Waals surface area contributed by atoms with E-state index in [1.165, 1.54) is 176 Å². The summed E-state index contributed by atoms with van der Waals surface area (Å²) < 4.78 is 6.60. The topological polar surface area (TPSA) is 43.5 Å². The van der Waals surface area contributed by atoms with E-state index in [-0.39, 0.29) is 11.5 Å². The molecular weight excluding hydrogens is 1050 g/mol. The van der Waals surface area contributed by atoms with Crippen molar-refractivity contribution >= 4 is 111 Å². The number of hydrogen-bond acceptors (Lipinski definition) is 7. The van der Waals surface area contributed by atoms with Crippen molar-refractivity contribution in [1.29, 1.82) is 0 Å². The second kappa shape index (κ2) is 30.9. The highest BCUT2D eigenvalue weighted by Gasteiger charge is 2.38. The van der Waals surface area contributed by atoms with Crippen molar-refractivity contribution in [2.75, 3.05) is 4.90 Å². The second-order valence-electron chi connectivity index (χ2n) is 22.7. The third-order valence-electron chi connectivity index (χ3n) is 16.3. The van der Waals surface area contributed by atoms with Crippen molar-refractivity contribution in [2.24, 2.45) is 0 Å². The summed E-state index contributed by atoms with van der Waals surface area (Å²) in [5, 5.41) is 14.1. The Kier molecular flexibility index (Phi) is 23.0. The molecule has 1 aliphatic carbocycles. The summed E-state index contributed by atoms with van der Waals surface area (Å²) in [5.74, 6) is 0.0453. The van der Waals surface area contributed by atoms with Crippen LogP contribution >= 0.6 is 45.8 Å². The molecule has 0 spiro atoms. The number of anilines is 3. The fraction of sp³-hybridized carbons (Fsp3) is 0.444. The van der Waals surface area contributed by atoms with Crippen molar-refractivity contribution < 1.29 is 9.90 Å². The number of unbranched alkanes of at least 4 members (excludes halogenated alkanes) is 20. The Morgan fingerprint density at radius 2 is 0.838 bits per heavy atom. The van der Waals surface area contributed by atoms with Gasteiger partial charge in [-0.25, -0.2) is 0 Å². The zero-order valence-electron chi connectivity index (χ0n) is 48.7. The van der Waals surface area contributed by atoms with Gasteiger partial charge in [-0.15, -0.1) is 38.6 Å². The van der Waals surface area contributed by atoms with Crippen LogP contribution in [0.1, 0.15) is 209 Å². The summed E-state index contributed by atoms with van der Waals surface area (Å²) in [6.45, 7) is 9.12. The zero-order chi connectivity index (χ0) is 55.5. The first-order chi connectivity index (χ1) is 39.3. The van der Waals surface area contributed by atoms with Crippen molar-refractivity contribution in [1.82, 2.24) is 4.58 Å². The molecule has 0 saturated heterocycles. The van der Waals surface area contributed by atoms with Crippen LogP contribution in [0.15, 0.2) is 126 Å². The summed E-state index contributed by atoms with van der Waals surface area (Å²) in [6, 6.07) is 43.4. The third kappa shape index (κ3) is 15.8. The molecule has 0 unspecified atom stereocenters. The van der Waals surface area contributed by atoms with Crippen molar-refractivity contribution in [2.45, 2.75) is 212 Å². The Hall–Kier alpha value is -4.99. The SMILES string of the molecule is CCCCCCCCc1ccc(N(c2ccc(CCCCCCCC)cc2)c2cc3sc(C4=C(O)/C(=c5\cc6c(s5)=CC(=[N+](c5ccc(CCCCCCCC)cc5)c5ccc(CCCCCCCC)cc5)S6)C4=O)cc3s2)cc1. The first-order valence-electron chi connectivity index (χ1n) is 31.2. The van der Waals surface area contributed by atoms with Gasteiger partial charge in [-0.05, 0) is 128 Å². The number of aliphatic hydroxyl groups excluding tert-OH is 1. The predicted molar refractivity (Wildman–Crippen MR) is 354 cm³/mol. The Morgan fingerprint density at radius 3 is 1.24 bits per heavy atom. The van der Waals surface area contributed by atoms with Crippen LogP contribution in [0.2, 0.25) is 0 Å². The Morgan fingerprint density at radius 1 is 0.438 bits per heavy atom. The largest absolute Gasteiger partial charge is 0.506 e. The number of Topliss-reactive ketones (excluding diaryl/α,β-unsaturated/α-hetero) is 1. The minimum atomic E-state index is -0.0711. The lowest BCUT2D eigenvalue weighted by atomic mass is 9.87. The summed E-state index contributed by atoms with van der Waals surface area (Å²) >= 11 is 6.72. The normalized spacial score (nSPS) is 13.8. The van der Waals surface area contributed by atoms with E-state index < -0.39 is 0 Å². The Labute approximate surface area is 496 Å². The average Bonchev–Trinajstić information content (AvgIpc) is 4.42. The molecule has 4 aromatic carbocycles. The van der Waals surface area contributed by atoms with Gasteiger partial charge < -0.3 is 10.0 Å². The van der Waals surface area contributed by atoms with Gasteiger partial charge in [0, 0.05) is 70.0 Å². The average molecular weight is 1140 g/mol. The smallest absolute Gasteiger partial charge is 0.252 e. The number of benzene rings is 4. The molecule has 4 nitrogen and oxygen atoms in total.